The van der Waals surface area contributed by atoms with Gasteiger partial charge in [-0.2, -0.15) is 5.10 Å². The first-order valence-corrected chi connectivity index (χ1v) is 5.87. The number of nitrogens with zero attached hydrogens (tertiary/aromatic N) is 4. The number of hydrogen-bond acceptors (Lipinski definition) is 4. The fraction of sp³-hybridized carbons (Fsp3) is 0.300. The number of aryl methyl sites for hydroxylation is 1. The van der Waals surface area contributed by atoms with Crippen molar-refractivity contribution in [3.8, 4) is 11.7 Å². The largest absolute Gasteiger partial charge is 0.480 e. The molecule has 96 valence electrons. The molecule has 0 aliphatic carbocycles. The van der Waals surface area contributed by atoms with E-state index in [1.54, 1.807) is 22.6 Å². The van der Waals surface area contributed by atoms with Crippen molar-refractivity contribution in [1.82, 2.24) is 19.6 Å². The van der Waals surface area contributed by atoms with Gasteiger partial charge in [-0.15, -0.1) is 5.10 Å². The summed E-state index contributed by atoms with van der Waals surface area (Å²) < 4.78 is 8.27. The molecule has 8 heteroatoms. The molecule has 0 aromatic carbocycles. The van der Waals surface area contributed by atoms with Crippen molar-refractivity contribution in [3.63, 3.8) is 0 Å². The van der Waals surface area contributed by atoms with Crippen LogP contribution in [0.4, 0.5) is 0 Å². The Morgan fingerprint density at radius 2 is 2.22 bits per heavy atom. The lowest BCUT2D eigenvalue weighted by Gasteiger charge is -2.01. The Morgan fingerprint density at radius 1 is 1.56 bits per heavy atom. The van der Waals surface area contributed by atoms with Crippen molar-refractivity contribution >= 4 is 28.8 Å². The Labute approximate surface area is 114 Å². The third-order valence-electron chi connectivity index (χ3n) is 2.59. The lowest BCUT2D eigenvalue weighted by atomic mass is 10.2. The standard InChI is InChI=1S/C10H12ClN5OS/c1-5-6(8(12)18)4-13-16(5)9-7(11)10(17-3)15(2)14-9/h4H,1-3H3,(H2,12,18). The second kappa shape index (κ2) is 4.58. The zero-order valence-corrected chi connectivity index (χ0v) is 11.7. The molecule has 2 N–H and O–H groups in total. The molecule has 2 aromatic rings. The third-order valence-corrected chi connectivity index (χ3v) is 3.14. The quantitative estimate of drug-likeness (QED) is 0.859. The van der Waals surface area contributed by atoms with Crippen molar-refractivity contribution in [2.24, 2.45) is 12.8 Å². The molecule has 0 atom stereocenters. The molecule has 18 heavy (non-hydrogen) atoms. The van der Waals surface area contributed by atoms with E-state index in [4.69, 9.17) is 34.3 Å². The van der Waals surface area contributed by atoms with Gasteiger partial charge in [0.2, 0.25) is 5.88 Å². The van der Waals surface area contributed by atoms with Crippen LogP contribution in [0.2, 0.25) is 5.02 Å². The second-order valence-corrected chi connectivity index (χ2v) is 4.51. The van der Waals surface area contributed by atoms with Crippen molar-refractivity contribution in [3.05, 3.63) is 22.5 Å². The first-order chi connectivity index (χ1) is 8.47. The van der Waals surface area contributed by atoms with E-state index in [1.807, 2.05) is 6.92 Å². The van der Waals surface area contributed by atoms with E-state index in [9.17, 15) is 0 Å². The summed E-state index contributed by atoms with van der Waals surface area (Å²) in [6.45, 7) is 1.85. The molecule has 2 heterocycles. The van der Waals surface area contributed by atoms with E-state index in [0.717, 1.165) is 5.69 Å². The Morgan fingerprint density at radius 3 is 2.67 bits per heavy atom. The molecular formula is C10H12ClN5OS. The van der Waals surface area contributed by atoms with E-state index in [-0.39, 0.29) is 4.99 Å². The summed E-state index contributed by atoms with van der Waals surface area (Å²) in [5, 5.41) is 8.84. The van der Waals surface area contributed by atoms with E-state index in [2.05, 4.69) is 10.2 Å². The molecule has 0 spiro atoms. The highest BCUT2D eigenvalue weighted by Gasteiger charge is 2.20. The van der Waals surface area contributed by atoms with Crippen LogP contribution in [-0.2, 0) is 7.05 Å². The van der Waals surface area contributed by atoms with Gasteiger partial charge in [0.25, 0.3) is 0 Å². The van der Waals surface area contributed by atoms with E-state index in [1.165, 1.54) is 7.11 Å². The molecule has 2 rings (SSSR count). The van der Waals surface area contributed by atoms with Gasteiger partial charge in [-0.1, -0.05) is 23.8 Å². The summed E-state index contributed by atoms with van der Waals surface area (Å²) in [4.78, 5) is 0.290. The number of methoxy groups -OCH3 is 1. The van der Waals surface area contributed by atoms with Crippen LogP contribution in [0, 0.1) is 6.92 Å². The number of ether oxygens (including phenoxy) is 1. The van der Waals surface area contributed by atoms with Gasteiger partial charge in [-0.25, -0.2) is 9.36 Å². The highest BCUT2D eigenvalue weighted by Crippen LogP contribution is 2.30. The monoisotopic (exact) mass is 285 g/mol. The first-order valence-electron chi connectivity index (χ1n) is 5.08. The van der Waals surface area contributed by atoms with E-state index < -0.39 is 0 Å². The summed E-state index contributed by atoms with van der Waals surface area (Å²) in [5.41, 5.74) is 7.08. The summed E-state index contributed by atoms with van der Waals surface area (Å²) >= 11 is 11.1. The molecule has 2 aromatic heterocycles. The highest BCUT2D eigenvalue weighted by atomic mass is 35.5. The van der Waals surface area contributed by atoms with Crippen molar-refractivity contribution < 1.29 is 4.74 Å². The fourth-order valence-electron chi connectivity index (χ4n) is 1.69. The van der Waals surface area contributed by atoms with Crippen molar-refractivity contribution in [2.75, 3.05) is 7.11 Å². The maximum absolute atomic E-state index is 6.19. The van der Waals surface area contributed by atoms with E-state index >= 15 is 0 Å². The van der Waals surface area contributed by atoms with Gasteiger partial charge in [0.05, 0.1) is 24.6 Å². The average Bonchev–Trinajstić information content (AvgIpc) is 2.80. The van der Waals surface area contributed by atoms with Crippen LogP contribution in [0.25, 0.3) is 5.82 Å². The Hall–Kier alpha value is -1.60. The Balaban J connectivity index is 2.59. The van der Waals surface area contributed by atoms with Gasteiger partial charge in [-0.05, 0) is 6.92 Å². The number of hydrogen-bond donors (Lipinski definition) is 1. The second-order valence-electron chi connectivity index (χ2n) is 3.69. The normalized spacial score (nSPS) is 10.7. The molecule has 0 aliphatic rings. The molecule has 6 nitrogen and oxygen atoms in total. The van der Waals surface area contributed by atoms with Gasteiger partial charge < -0.3 is 10.5 Å². The van der Waals surface area contributed by atoms with Crippen molar-refractivity contribution in [1.29, 1.82) is 0 Å². The number of rotatable bonds is 3. The minimum absolute atomic E-state index is 0.290. The molecule has 0 radical (unpaired) electrons. The Kier molecular flexibility index (Phi) is 3.27. The molecule has 0 amide bonds. The predicted molar refractivity (Wildman–Crippen MR) is 72.5 cm³/mol. The maximum Gasteiger partial charge on any atom is 0.232 e. The van der Waals surface area contributed by atoms with Crippen LogP contribution in [0.3, 0.4) is 0 Å². The smallest absolute Gasteiger partial charge is 0.232 e. The molecule has 0 saturated carbocycles. The molecule has 0 unspecified atom stereocenters. The summed E-state index contributed by atoms with van der Waals surface area (Å²) in [6, 6.07) is 0. The van der Waals surface area contributed by atoms with E-state index in [0.29, 0.717) is 22.3 Å². The maximum atomic E-state index is 6.19. The van der Waals surface area contributed by atoms with Gasteiger partial charge in [0.15, 0.2) is 5.82 Å². The zero-order valence-electron chi connectivity index (χ0n) is 10.1. The van der Waals surface area contributed by atoms with Gasteiger partial charge >= 0.3 is 0 Å². The molecule has 0 bridgehead atoms. The van der Waals surface area contributed by atoms with Crippen LogP contribution in [0.15, 0.2) is 6.20 Å². The van der Waals surface area contributed by atoms with Gasteiger partial charge in [0.1, 0.15) is 10.0 Å². The van der Waals surface area contributed by atoms with Crippen LogP contribution < -0.4 is 10.5 Å². The van der Waals surface area contributed by atoms with Crippen LogP contribution in [0.1, 0.15) is 11.3 Å². The third kappa shape index (κ3) is 1.85. The van der Waals surface area contributed by atoms with Crippen LogP contribution >= 0.6 is 23.8 Å². The zero-order chi connectivity index (χ0) is 13.4. The average molecular weight is 286 g/mol. The molecule has 0 fully saturated rings. The van der Waals surface area contributed by atoms with Gasteiger partial charge in [0, 0.05) is 7.05 Å². The lowest BCUT2D eigenvalue weighted by molar-refractivity contribution is 0.373. The first kappa shape index (κ1) is 12.8. The minimum Gasteiger partial charge on any atom is -0.480 e. The summed E-state index contributed by atoms with van der Waals surface area (Å²) in [7, 11) is 3.27. The van der Waals surface area contributed by atoms with Crippen molar-refractivity contribution in [2.45, 2.75) is 6.92 Å². The Bertz CT molecular complexity index is 618. The number of nitrogens with two attached hydrogens (primary N) is 1. The minimum atomic E-state index is 0.290. The number of aromatic nitrogens is 4. The predicted octanol–water partition coefficient (Wildman–Crippen LogP) is 1.21. The molecular weight excluding hydrogens is 274 g/mol. The highest BCUT2D eigenvalue weighted by molar-refractivity contribution is 7.80. The number of halogens is 1. The van der Waals surface area contributed by atoms with Crippen LogP contribution in [0.5, 0.6) is 5.88 Å². The van der Waals surface area contributed by atoms with Crippen LogP contribution in [-0.4, -0.2) is 31.7 Å². The number of thiocarbonyl (C=S) groups is 1. The topological polar surface area (TPSA) is 70.9 Å². The summed E-state index contributed by atoms with van der Waals surface area (Å²) in [5.74, 6) is 0.953. The SMILES string of the molecule is COc1c(Cl)c(-n2ncc(C(N)=S)c2C)nn1C. The summed E-state index contributed by atoms with van der Waals surface area (Å²) in [6.07, 6.45) is 1.59. The van der Waals surface area contributed by atoms with Gasteiger partial charge in [-0.3, -0.25) is 0 Å². The molecule has 0 aliphatic heterocycles. The fourth-order valence-corrected chi connectivity index (χ4v) is 2.21. The molecule has 0 saturated heterocycles. The lowest BCUT2D eigenvalue weighted by Crippen LogP contribution is -2.11.